The fourth-order valence-electron chi connectivity index (χ4n) is 8.70. The first kappa shape index (κ1) is 31.8. The Balaban J connectivity index is 1.02. The molecule has 9 nitrogen and oxygen atoms in total. The van der Waals surface area contributed by atoms with Crippen LogP contribution in [0.4, 0.5) is 0 Å². The number of nitrogens with two attached hydrogens (primary N) is 1. The maximum Gasteiger partial charge on any atom is 0.227 e. The fraction of sp³-hybridized carbons (Fsp3) is 0.474. The van der Waals surface area contributed by atoms with Crippen LogP contribution in [-0.4, -0.2) is 52.3 Å². The van der Waals surface area contributed by atoms with Crippen LogP contribution in [0.25, 0.3) is 5.57 Å². The van der Waals surface area contributed by atoms with Gasteiger partial charge >= 0.3 is 0 Å². The third-order valence-corrected chi connectivity index (χ3v) is 10.9. The molecule has 3 heterocycles. The minimum absolute atomic E-state index is 0.0346. The zero-order valence-corrected chi connectivity index (χ0v) is 27.2. The van der Waals surface area contributed by atoms with Gasteiger partial charge in [0.15, 0.2) is 11.5 Å². The topological polar surface area (TPSA) is 142 Å². The third-order valence-electron chi connectivity index (χ3n) is 10.9. The average Bonchev–Trinajstić information content (AvgIpc) is 3.77. The molecular weight excluding hydrogens is 592 g/mol. The predicted molar refractivity (Wildman–Crippen MR) is 181 cm³/mol. The third kappa shape index (κ3) is 5.95. The Labute approximate surface area is 276 Å². The summed E-state index contributed by atoms with van der Waals surface area (Å²) in [4.78, 5) is 18.6. The molecule has 0 aromatic heterocycles. The van der Waals surface area contributed by atoms with E-state index in [0.29, 0.717) is 37.8 Å². The highest BCUT2D eigenvalue weighted by Crippen LogP contribution is 2.61. The summed E-state index contributed by atoms with van der Waals surface area (Å²) in [5.74, 6) is 0.910. The van der Waals surface area contributed by atoms with Gasteiger partial charge in [0.1, 0.15) is 30.4 Å². The number of aromatic hydroxyl groups is 1. The van der Waals surface area contributed by atoms with E-state index in [2.05, 4.69) is 42.1 Å². The second kappa shape index (κ2) is 13.0. The molecule has 3 aliphatic heterocycles. The number of aliphatic hydroxyl groups excluding tert-OH is 2. The predicted octanol–water partition coefficient (Wildman–Crippen LogP) is 3.70. The monoisotopic (exact) mass is 639 g/mol. The largest absolute Gasteiger partial charge is 0.504 e. The van der Waals surface area contributed by atoms with E-state index in [1.165, 1.54) is 46.3 Å². The van der Waals surface area contributed by atoms with E-state index in [1.54, 1.807) is 18.2 Å². The van der Waals surface area contributed by atoms with E-state index >= 15 is 0 Å². The minimum atomic E-state index is -0.833. The van der Waals surface area contributed by atoms with Gasteiger partial charge in [-0.25, -0.2) is 0 Å². The number of hydrogen-bond acceptors (Lipinski definition) is 8. The van der Waals surface area contributed by atoms with Gasteiger partial charge in [-0.15, -0.1) is 0 Å². The van der Waals surface area contributed by atoms with Crippen molar-refractivity contribution < 1.29 is 29.8 Å². The number of aryl methyl sites for hydroxylation is 1. The SMILES string of the molecule is CCC[C@H](O)C[C@@H](O)CC(=O)CCc1ccc(O)c(OC[NH+]2C=C3C([C@]45CCC[C@H]4CC4=CN[C@@H](N)c6cccc5c64)=CN=C3C2)c1. The molecule has 0 spiro atoms. The maximum atomic E-state index is 12.5. The number of nitrogens with zero attached hydrogens (tertiary/aromatic N) is 1. The van der Waals surface area contributed by atoms with Crippen molar-refractivity contribution in [3.63, 3.8) is 0 Å². The average molecular weight is 640 g/mol. The molecule has 0 amide bonds. The van der Waals surface area contributed by atoms with Crippen LogP contribution >= 0.6 is 0 Å². The number of benzene rings is 2. The zero-order chi connectivity index (χ0) is 32.7. The van der Waals surface area contributed by atoms with E-state index < -0.39 is 12.2 Å². The Morgan fingerprint density at radius 3 is 2.96 bits per heavy atom. The number of aliphatic hydroxyl groups is 2. The highest BCUT2D eigenvalue weighted by atomic mass is 16.5. The molecule has 2 aromatic carbocycles. The van der Waals surface area contributed by atoms with Crippen LogP contribution < -0.4 is 20.7 Å². The van der Waals surface area contributed by atoms with Gasteiger partial charge < -0.3 is 31.1 Å². The molecule has 1 saturated carbocycles. The van der Waals surface area contributed by atoms with Crippen molar-refractivity contribution in [2.75, 3.05) is 13.3 Å². The van der Waals surface area contributed by atoms with Crippen molar-refractivity contribution >= 4 is 17.1 Å². The summed E-state index contributed by atoms with van der Waals surface area (Å²) >= 11 is 0. The van der Waals surface area contributed by atoms with Crippen LogP contribution in [0.2, 0.25) is 0 Å². The first-order valence-corrected chi connectivity index (χ1v) is 17.3. The van der Waals surface area contributed by atoms with Crippen LogP contribution in [0.1, 0.15) is 93.1 Å². The number of carbonyl (C=O) groups excluding carboxylic acids is 1. The maximum absolute atomic E-state index is 12.5. The summed E-state index contributed by atoms with van der Waals surface area (Å²) < 4.78 is 6.16. The normalized spacial score (nSPS) is 26.6. The quantitative estimate of drug-likeness (QED) is 0.196. The Hall–Kier alpha value is -3.76. The molecule has 0 radical (unpaired) electrons. The number of fused-ring (bicyclic) bond motifs is 3. The van der Waals surface area contributed by atoms with Crippen LogP contribution in [0.3, 0.4) is 0 Å². The van der Waals surface area contributed by atoms with Crippen molar-refractivity contribution in [1.82, 2.24) is 5.32 Å². The summed E-state index contributed by atoms with van der Waals surface area (Å²) in [6, 6.07) is 11.8. The van der Waals surface area contributed by atoms with E-state index in [1.807, 2.05) is 6.92 Å². The lowest BCUT2D eigenvalue weighted by atomic mass is 9.58. The van der Waals surface area contributed by atoms with Gasteiger partial charge in [0.05, 0.1) is 17.8 Å². The van der Waals surface area contributed by atoms with Gasteiger partial charge in [0.2, 0.25) is 6.73 Å². The van der Waals surface area contributed by atoms with E-state index in [4.69, 9.17) is 15.5 Å². The number of nitrogens with one attached hydrogen (secondary N) is 2. The van der Waals surface area contributed by atoms with Gasteiger partial charge in [-0.2, -0.15) is 0 Å². The van der Waals surface area contributed by atoms with E-state index in [0.717, 1.165) is 35.4 Å². The van der Waals surface area contributed by atoms with Crippen molar-refractivity contribution in [3.05, 3.63) is 88.4 Å². The molecule has 5 aliphatic rings. The summed E-state index contributed by atoms with van der Waals surface area (Å²) in [5, 5.41) is 34.0. The lowest BCUT2D eigenvalue weighted by Crippen LogP contribution is -3.07. The van der Waals surface area contributed by atoms with Gasteiger partial charge in [-0.05, 0) is 90.0 Å². The second-order valence-electron chi connectivity index (χ2n) is 14.0. The number of hydrogen-bond donors (Lipinski definition) is 6. The molecule has 2 aliphatic carbocycles. The summed E-state index contributed by atoms with van der Waals surface area (Å²) in [7, 11) is 0. The molecule has 7 N–H and O–H groups in total. The number of ketones is 1. The van der Waals surface area contributed by atoms with E-state index in [-0.39, 0.29) is 42.4 Å². The van der Waals surface area contributed by atoms with Crippen molar-refractivity contribution in [2.45, 2.75) is 94.9 Å². The zero-order valence-electron chi connectivity index (χ0n) is 27.2. The smallest absolute Gasteiger partial charge is 0.227 e. The number of aliphatic imine (C=N–C) groups is 1. The number of Topliss-reactive ketones (excluding diaryl/α,β-unsaturated/α-hetero) is 1. The number of phenols is 1. The molecular formula is C38H47N4O5+. The van der Waals surface area contributed by atoms with Crippen LogP contribution in [0.5, 0.6) is 11.5 Å². The molecule has 0 bridgehead atoms. The Bertz CT molecular complexity index is 1680. The van der Waals surface area contributed by atoms with E-state index in [9.17, 15) is 20.1 Å². The Morgan fingerprint density at radius 2 is 2.11 bits per heavy atom. The Morgan fingerprint density at radius 1 is 1.23 bits per heavy atom. The summed E-state index contributed by atoms with van der Waals surface area (Å²) in [5.41, 5.74) is 16.2. The number of phenolic OH excluding ortho intramolecular Hbond substituents is 1. The molecule has 7 rings (SSSR count). The molecule has 0 saturated heterocycles. The molecule has 1 unspecified atom stereocenters. The number of rotatable bonds is 13. The highest BCUT2D eigenvalue weighted by Gasteiger charge is 2.54. The summed E-state index contributed by atoms with van der Waals surface area (Å²) in [6.07, 6.45) is 11.9. The second-order valence-corrected chi connectivity index (χ2v) is 14.0. The van der Waals surface area contributed by atoms with Crippen LogP contribution in [0.15, 0.2) is 71.1 Å². The minimum Gasteiger partial charge on any atom is -0.504 e. The van der Waals surface area contributed by atoms with Gasteiger partial charge in [0, 0.05) is 30.7 Å². The lowest BCUT2D eigenvalue weighted by Gasteiger charge is -2.45. The molecule has 47 heavy (non-hydrogen) atoms. The summed E-state index contributed by atoms with van der Waals surface area (Å²) in [6.45, 7) is 3.03. The number of carbonyl (C=O) groups is 1. The molecule has 6 atom stereocenters. The number of allylic oxidation sites excluding steroid dienone is 2. The van der Waals surface area contributed by atoms with Crippen molar-refractivity contribution in [1.29, 1.82) is 0 Å². The Kier molecular flexibility index (Phi) is 8.82. The van der Waals surface area contributed by atoms with Crippen LogP contribution in [0, 0.1) is 5.92 Å². The first-order valence-electron chi connectivity index (χ1n) is 17.3. The molecule has 1 fully saturated rings. The van der Waals surface area contributed by atoms with Gasteiger partial charge in [-0.3, -0.25) is 14.7 Å². The van der Waals surface area contributed by atoms with Crippen LogP contribution in [-0.2, 0) is 16.6 Å². The van der Waals surface area contributed by atoms with Gasteiger partial charge in [0.25, 0.3) is 0 Å². The fourth-order valence-corrected chi connectivity index (χ4v) is 8.70. The molecule has 9 heteroatoms. The standard InChI is InChI=1S/C38H46N4O5/c1-2-5-26(43)16-28(45)17-27(44)11-9-23-10-12-34(46)35(14-23)47-22-42-20-30-32(19-40-33(30)21-42)38-13-4-6-25(38)15-24-18-41-37(39)29-7-3-8-31(38)36(24)29/h3,7-8,10,12,14,18-20,25-26,28,37,41,43,45-46H,2,4-6,9,11,13,15-17,21-22,39H2,1H3/p+1/t25-,26-,28+,37+,38+/m0/s1. The molecule has 248 valence electrons. The van der Waals surface area contributed by atoms with Crippen molar-refractivity contribution in [2.24, 2.45) is 16.6 Å². The lowest BCUT2D eigenvalue weighted by molar-refractivity contribution is -0.851. The number of ether oxygens (including phenoxy) is 1. The highest BCUT2D eigenvalue weighted by molar-refractivity contribution is 6.09. The van der Waals surface area contributed by atoms with Gasteiger partial charge in [-0.1, -0.05) is 44.0 Å². The number of quaternary nitrogens is 1. The molecule has 2 aromatic rings. The first-order chi connectivity index (χ1) is 22.8. The van der Waals surface area contributed by atoms with Crippen molar-refractivity contribution in [3.8, 4) is 11.5 Å².